The minimum Gasteiger partial charge on any atom is -0.462 e. The smallest absolute Gasteiger partial charge is 0.340 e. The molecule has 1 amide bonds. The van der Waals surface area contributed by atoms with E-state index in [1.54, 1.807) is 37.4 Å². The summed E-state index contributed by atoms with van der Waals surface area (Å²) in [5.41, 5.74) is 1.33. The molecule has 1 heterocycles. The van der Waals surface area contributed by atoms with E-state index >= 15 is 0 Å². The molecule has 0 spiro atoms. The van der Waals surface area contributed by atoms with E-state index < -0.39 is 5.97 Å². The molecule has 1 N–H and O–H groups in total. The van der Waals surface area contributed by atoms with Crippen LogP contribution in [-0.4, -0.2) is 29.2 Å². The van der Waals surface area contributed by atoms with E-state index in [2.05, 4.69) is 10.3 Å². The lowest BCUT2D eigenvalue weighted by molar-refractivity contribution is -0.119. The number of amides is 1. The molecular weight excluding hydrogens is 360 g/mol. The number of esters is 1. The van der Waals surface area contributed by atoms with Crippen LogP contribution in [0.1, 0.15) is 35.8 Å². The van der Waals surface area contributed by atoms with Crippen molar-refractivity contribution in [1.29, 1.82) is 0 Å². The second-order valence-electron chi connectivity index (χ2n) is 5.21. The standard InChI is InChI=1S/C18H19ClN2O3S/c1-3-24-18(23)15-5-4-10-20-17(15)25-11-16(22)21-12(2)13-6-8-14(19)9-7-13/h4-10,12H,3,11H2,1-2H3,(H,21,22). The van der Waals surface area contributed by atoms with Gasteiger partial charge in [-0.1, -0.05) is 35.5 Å². The van der Waals surface area contributed by atoms with Crippen molar-refractivity contribution >= 4 is 35.2 Å². The Morgan fingerprint density at radius 3 is 2.68 bits per heavy atom. The Balaban J connectivity index is 1.94. The van der Waals surface area contributed by atoms with E-state index in [9.17, 15) is 9.59 Å². The molecule has 2 rings (SSSR count). The Labute approximate surface area is 156 Å². The van der Waals surface area contributed by atoms with Crippen molar-refractivity contribution in [3.63, 3.8) is 0 Å². The zero-order valence-corrected chi connectivity index (χ0v) is 15.6. The lowest BCUT2D eigenvalue weighted by Crippen LogP contribution is -2.28. The van der Waals surface area contributed by atoms with Gasteiger partial charge in [0, 0.05) is 11.2 Å². The molecule has 1 aromatic carbocycles. The number of halogens is 1. The van der Waals surface area contributed by atoms with E-state index in [0.717, 1.165) is 5.56 Å². The average Bonchev–Trinajstić information content (AvgIpc) is 2.61. The van der Waals surface area contributed by atoms with Crippen molar-refractivity contribution in [2.45, 2.75) is 24.9 Å². The molecule has 25 heavy (non-hydrogen) atoms. The Hall–Kier alpha value is -2.05. The number of rotatable bonds is 7. The zero-order valence-electron chi connectivity index (χ0n) is 14.0. The normalized spacial score (nSPS) is 11.6. The molecule has 0 fully saturated rings. The van der Waals surface area contributed by atoms with E-state index in [-0.39, 0.29) is 24.3 Å². The van der Waals surface area contributed by atoms with Crippen molar-refractivity contribution < 1.29 is 14.3 Å². The van der Waals surface area contributed by atoms with Gasteiger partial charge in [-0.05, 0) is 43.7 Å². The van der Waals surface area contributed by atoms with Crippen LogP contribution in [0.4, 0.5) is 0 Å². The summed E-state index contributed by atoms with van der Waals surface area (Å²) in [5, 5.41) is 4.05. The van der Waals surface area contributed by atoms with Gasteiger partial charge in [0.25, 0.3) is 0 Å². The van der Waals surface area contributed by atoms with Crippen LogP contribution in [0.15, 0.2) is 47.6 Å². The maximum atomic E-state index is 12.2. The largest absolute Gasteiger partial charge is 0.462 e. The second-order valence-corrected chi connectivity index (χ2v) is 6.61. The summed E-state index contributed by atoms with van der Waals surface area (Å²) in [6.45, 7) is 3.93. The molecule has 0 bridgehead atoms. The molecule has 2 aromatic rings. The van der Waals surface area contributed by atoms with Crippen molar-refractivity contribution in [3.8, 4) is 0 Å². The number of carbonyl (C=O) groups is 2. The number of thioether (sulfide) groups is 1. The number of pyridine rings is 1. The van der Waals surface area contributed by atoms with Gasteiger partial charge in [0.05, 0.1) is 24.0 Å². The van der Waals surface area contributed by atoms with Gasteiger partial charge in [0.15, 0.2) is 0 Å². The van der Waals surface area contributed by atoms with Crippen molar-refractivity contribution in [1.82, 2.24) is 10.3 Å². The van der Waals surface area contributed by atoms with Gasteiger partial charge in [0.1, 0.15) is 5.03 Å². The maximum Gasteiger partial charge on any atom is 0.340 e. The number of nitrogens with zero attached hydrogens (tertiary/aromatic N) is 1. The Morgan fingerprint density at radius 1 is 1.28 bits per heavy atom. The highest BCUT2D eigenvalue weighted by Gasteiger charge is 2.16. The summed E-state index contributed by atoms with van der Waals surface area (Å²) >= 11 is 7.07. The number of hydrogen-bond donors (Lipinski definition) is 1. The van der Waals surface area contributed by atoms with Crippen LogP contribution in [-0.2, 0) is 9.53 Å². The molecule has 132 valence electrons. The SMILES string of the molecule is CCOC(=O)c1cccnc1SCC(=O)NC(C)c1ccc(Cl)cc1. The van der Waals surface area contributed by atoms with Gasteiger partial charge < -0.3 is 10.1 Å². The Bertz CT molecular complexity index is 737. The van der Waals surface area contributed by atoms with Crippen LogP contribution in [0.3, 0.4) is 0 Å². The van der Waals surface area contributed by atoms with Gasteiger partial charge in [-0.2, -0.15) is 0 Å². The van der Waals surface area contributed by atoms with E-state index in [0.29, 0.717) is 15.6 Å². The quantitative estimate of drug-likeness (QED) is 0.585. The molecule has 5 nitrogen and oxygen atoms in total. The molecule has 0 aliphatic rings. The lowest BCUT2D eigenvalue weighted by atomic mass is 10.1. The summed E-state index contributed by atoms with van der Waals surface area (Å²) in [5.74, 6) is -0.428. The molecule has 0 saturated carbocycles. The molecule has 0 aliphatic heterocycles. The first-order valence-electron chi connectivity index (χ1n) is 7.81. The van der Waals surface area contributed by atoms with E-state index in [4.69, 9.17) is 16.3 Å². The van der Waals surface area contributed by atoms with Gasteiger partial charge >= 0.3 is 5.97 Å². The fourth-order valence-electron chi connectivity index (χ4n) is 2.12. The topological polar surface area (TPSA) is 68.3 Å². The van der Waals surface area contributed by atoms with Crippen LogP contribution >= 0.6 is 23.4 Å². The third kappa shape index (κ3) is 5.76. The van der Waals surface area contributed by atoms with Crippen molar-refractivity contribution in [3.05, 3.63) is 58.7 Å². The van der Waals surface area contributed by atoms with Gasteiger partial charge in [-0.15, -0.1) is 0 Å². The first-order chi connectivity index (χ1) is 12.0. The number of nitrogens with one attached hydrogen (secondary N) is 1. The molecule has 0 radical (unpaired) electrons. The first kappa shape index (κ1) is 19.3. The first-order valence-corrected chi connectivity index (χ1v) is 9.17. The molecule has 0 saturated heterocycles. The van der Waals surface area contributed by atoms with E-state index in [1.165, 1.54) is 11.8 Å². The molecular formula is C18H19ClN2O3S. The number of aromatic nitrogens is 1. The van der Waals surface area contributed by atoms with Crippen LogP contribution in [0.2, 0.25) is 5.02 Å². The highest BCUT2D eigenvalue weighted by atomic mass is 35.5. The van der Waals surface area contributed by atoms with Crippen LogP contribution in [0.25, 0.3) is 0 Å². The number of hydrogen-bond acceptors (Lipinski definition) is 5. The number of carbonyl (C=O) groups excluding carboxylic acids is 2. The van der Waals surface area contributed by atoms with Crippen LogP contribution in [0, 0.1) is 0 Å². The molecule has 1 aromatic heterocycles. The highest BCUT2D eigenvalue weighted by Crippen LogP contribution is 2.21. The molecule has 1 atom stereocenters. The summed E-state index contributed by atoms with van der Waals surface area (Å²) in [6.07, 6.45) is 1.58. The number of ether oxygens (including phenoxy) is 1. The minimum absolute atomic E-state index is 0.140. The predicted molar refractivity (Wildman–Crippen MR) is 98.9 cm³/mol. The maximum absolute atomic E-state index is 12.2. The van der Waals surface area contributed by atoms with Crippen LogP contribution < -0.4 is 5.32 Å². The van der Waals surface area contributed by atoms with Gasteiger partial charge in [0.2, 0.25) is 5.91 Å². The summed E-state index contributed by atoms with van der Waals surface area (Å²) in [7, 11) is 0. The van der Waals surface area contributed by atoms with E-state index in [1.807, 2.05) is 19.1 Å². The summed E-state index contributed by atoms with van der Waals surface area (Å²) < 4.78 is 5.00. The molecule has 7 heteroatoms. The highest BCUT2D eigenvalue weighted by molar-refractivity contribution is 8.00. The molecule has 0 aliphatic carbocycles. The fourth-order valence-corrected chi connectivity index (χ4v) is 3.04. The van der Waals surface area contributed by atoms with Crippen molar-refractivity contribution in [2.75, 3.05) is 12.4 Å². The third-order valence-electron chi connectivity index (χ3n) is 3.35. The second kappa shape index (κ2) is 9.44. The molecule has 1 unspecified atom stereocenters. The zero-order chi connectivity index (χ0) is 18.2. The summed E-state index contributed by atoms with van der Waals surface area (Å²) in [4.78, 5) is 28.3. The lowest BCUT2D eigenvalue weighted by Gasteiger charge is -2.14. The Morgan fingerprint density at radius 2 is 2.00 bits per heavy atom. The average molecular weight is 379 g/mol. The predicted octanol–water partition coefficient (Wildman–Crippen LogP) is 3.88. The van der Waals surface area contributed by atoms with Crippen molar-refractivity contribution in [2.24, 2.45) is 0 Å². The Kier molecular flexibility index (Phi) is 7.28. The van der Waals surface area contributed by atoms with Gasteiger partial charge in [-0.3, -0.25) is 4.79 Å². The number of benzene rings is 1. The summed E-state index contributed by atoms with van der Waals surface area (Å²) in [6, 6.07) is 10.5. The van der Waals surface area contributed by atoms with Gasteiger partial charge in [-0.25, -0.2) is 9.78 Å². The monoisotopic (exact) mass is 378 g/mol. The van der Waals surface area contributed by atoms with Crippen LogP contribution in [0.5, 0.6) is 0 Å². The minimum atomic E-state index is -0.437. The fraction of sp³-hybridized carbons (Fsp3) is 0.278. The third-order valence-corrected chi connectivity index (χ3v) is 4.61.